The van der Waals surface area contributed by atoms with E-state index in [1.165, 1.54) is 19.1 Å². The molecule has 0 radical (unpaired) electrons. The minimum absolute atomic E-state index is 0.262. The molecule has 1 atom stereocenters. The maximum atomic E-state index is 13.6. The minimum Gasteiger partial charge on any atom is -0.490 e. The summed E-state index contributed by atoms with van der Waals surface area (Å²) in [5.41, 5.74) is 0.262. The molecule has 2 rings (SSSR count). The topological polar surface area (TPSA) is 38.7 Å². The Kier molecular flexibility index (Phi) is 4.96. The zero-order valence-electron chi connectivity index (χ0n) is 11.3. The van der Waals surface area contributed by atoms with Crippen LogP contribution in [0.3, 0.4) is 0 Å². The molecular formula is C16H17FO3. The second kappa shape index (κ2) is 6.91. The fraction of sp³-hybridized carbons (Fsp3) is 0.250. The maximum absolute atomic E-state index is 13.6. The van der Waals surface area contributed by atoms with Gasteiger partial charge in [0.2, 0.25) is 0 Å². The van der Waals surface area contributed by atoms with Crippen molar-refractivity contribution in [1.82, 2.24) is 0 Å². The molecule has 0 saturated heterocycles. The number of benzene rings is 2. The van der Waals surface area contributed by atoms with Crippen LogP contribution in [-0.4, -0.2) is 18.3 Å². The van der Waals surface area contributed by atoms with E-state index < -0.39 is 11.9 Å². The Morgan fingerprint density at radius 1 is 1.00 bits per heavy atom. The third kappa shape index (κ3) is 3.96. The SMILES string of the molecule is C[C@H](O)c1ccc(OCCOc2ccccc2)cc1F. The lowest BCUT2D eigenvalue weighted by Gasteiger charge is -2.10. The van der Waals surface area contributed by atoms with Crippen molar-refractivity contribution in [1.29, 1.82) is 0 Å². The summed E-state index contributed by atoms with van der Waals surface area (Å²) in [4.78, 5) is 0. The van der Waals surface area contributed by atoms with Gasteiger partial charge in [-0.15, -0.1) is 0 Å². The van der Waals surface area contributed by atoms with Crippen molar-refractivity contribution in [3.63, 3.8) is 0 Å². The van der Waals surface area contributed by atoms with Crippen LogP contribution in [0.15, 0.2) is 48.5 Å². The van der Waals surface area contributed by atoms with Crippen molar-refractivity contribution in [2.24, 2.45) is 0 Å². The van der Waals surface area contributed by atoms with Gasteiger partial charge in [0.25, 0.3) is 0 Å². The normalized spacial score (nSPS) is 11.9. The summed E-state index contributed by atoms with van der Waals surface area (Å²) >= 11 is 0. The van der Waals surface area contributed by atoms with Crippen LogP contribution >= 0.6 is 0 Å². The average molecular weight is 276 g/mol. The number of aliphatic hydroxyl groups excluding tert-OH is 1. The van der Waals surface area contributed by atoms with Gasteiger partial charge in [0.15, 0.2) is 0 Å². The molecule has 1 N–H and O–H groups in total. The first-order valence-electron chi connectivity index (χ1n) is 6.45. The Balaban J connectivity index is 1.81. The summed E-state index contributed by atoms with van der Waals surface area (Å²) in [6.45, 7) is 2.22. The largest absolute Gasteiger partial charge is 0.490 e. The molecule has 0 fully saturated rings. The van der Waals surface area contributed by atoms with Crippen molar-refractivity contribution in [2.45, 2.75) is 13.0 Å². The van der Waals surface area contributed by atoms with Crippen LogP contribution in [-0.2, 0) is 0 Å². The Hall–Kier alpha value is -2.07. The van der Waals surface area contributed by atoms with Crippen molar-refractivity contribution >= 4 is 0 Å². The maximum Gasteiger partial charge on any atom is 0.132 e. The summed E-state index contributed by atoms with van der Waals surface area (Å²) < 4.78 is 24.5. The Labute approximate surface area is 117 Å². The van der Waals surface area contributed by atoms with Crippen molar-refractivity contribution in [2.75, 3.05) is 13.2 Å². The van der Waals surface area contributed by atoms with E-state index >= 15 is 0 Å². The molecule has 0 saturated carbocycles. The molecule has 106 valence electrons. The third-order valence-corrected chi connectivity index (χ3v) is 2.79. The highest BCUT2D eigenvalue weighted by atomic mass is 19.1. The fourth-order valence-corrected chi connectivity index (χ4v) is 1.77. The highest BCUT2D eigenvalue weighted by Crippen LogP contribution is 2.21. The Morgan fingerprint density at radius 3 is 2.25 bits per heavy atom. The molecule has 0 aliphatic carbocycles. The number of halogens is 1. The van der Waals surface area contributed by atoms with E-state index in [4.69, 9.17) is 9.47 Å². The molecule has 2 aromatic rings. The molecule has 0 aliphatic heterocycles. The standard InChI is InChI=1S/C16H17FO3/c1-12(18)15-8-7-14(11-16(15)17)20-10-9-19-13-5-3-2-4-6-13/h2-8,11-12,18H,9-10H2,1H3/t12-/m0/s1. The number of ether oxygens (including phenoxy) is 2. The summed E-state index contributed by atoms with van der Waals surface area (Å²) in [7, 11) is 0. The van der Waals surface area contributed by atoms with Crippen molar-refractivity contribution in [3.05, 3.63) is 59.9 Å². The first-order valence-corrected chi connectivity index (χ1v) is 6.45. The van der Waals surface area contributed by atoms with E-state index in [9.17, 15) is 9.50 Å². The van der Waals surface area contributed by atoms with Crippen LogP contribution in [0.2, 0.25) is 0 Å². The second-order valence-electron chi connectivity index (χ2n) is 4.37. The van der Waals surface area contributed by atoms with Gasteiger partial charge in [-0.25, -0.2) is 4.39 Å². The van der Waals surface area contributed by atoms with Crippen LogP contribution < -0.4 is 9.47 Å². The third-order valence-electron chi connectivity index (χ3n) is 2.79. The number of hydrogen-bond donors (Lipinski definition) is 1. The summed E-state index contributed by atoms with van der Waals surface area (Å²) in [5.74, 6) is 0.719. The molecule has 0 aromatic heterocycles. The highest BCUT2D eigenvalue weighted by molar-refractivity contribution is 5.30. The smallest absolute Gasteiger partial charge is 0.132 e. The zero-order valence-corrected chi connectivity index (χ0v) is 11.3. The van der Waals surface area contributed by atoms with E-state index in [1.54, 1.807) is 6.07 Å². The highest BCUT2D eigenvalue weighted by Gasteiger charge is 2.08. The zero-order chi connectivity index (χ0) is 14.4. The first kappa shape index (κ1) is 14.3. The van der Waals surface area contributed by atoms with Gasteiger partial charge in [0.05, 0.1) is 6.10 Å². The lowest BCUT2D eigenvalue weighted by molar-refractivity contribution is 0.193. The first-order chi connectivity index (χ1) is 9.66. The Bertz CT molecular complexity index is 541. The lowest BCUT2D eigenvalue weighted by atomic mass is 10.1. The molecular weight excluding hydrogens is 259 g/mol. The predicted octanol–water partition coefficient (Wildman–Crippen LogP) is 3.34. The molecule has 4 heteroatoms. The van der Waals surface area contributed by atoms with Crippen LogP contribution in [0.5, 0.6) is 11.5 Å². The summed E-state index contributed by atoms with van der Waals surface area (Å²) in [6, 6.07) is 13.8. The molecule has 2 aromatic carbocycles. The van der Waals surface area contributed by atoms with Crippen LogP contribution in [0.25, 0.3) is 0 Å². The molecule has 0 amide bonds. The van der Waals surface area contributed by atoms with E-state index in [2.05, 4.69) is 0 Å². The molecule has 0 aliphatic rings. The van der Waals surface area contributed by atoms with Crippen LogP contribution in [0, 0.1) is 5.82 Å². The minimum atomic E-state index is -0.828. The van der Waals surface area contributed by atoms with Gasteiger partial charge in [-0.3, -0.25) is 0 Å². The quantitative estimate of drug-likeness (QED) is 0.822. The van der Waals surface area contributed by atoms with Crippen molar-refractivity contribution < 1.29 is 19.0 Å². The number of rotatable bonds is 6. The molecule has 3 nitrogen and oxygen atoms in total. The monoisotopic (exact) mass is 276 g/mol. The van der Waals surface area contributed by atoms with Crippen LogP contribution in [0.1, 0.15) is 18.6 Å². The van der Waals surface area contributed by atoms with E-state index in [-0.39, 0.29) is 5.56 Å². The number of aliphatic hydroxyl groups is 1. The molecule has 0 bridgehead atoms. The van der Waals surface area contributed by atoms with Gasteiger partial charge in [-0.1, -0.05) is 18.2 Å². The van der Waals surface area contributed by atoms with Gasteiger partial charge in [0, 0.05) is 11.6 Å². The molecule has 0 unspecified atom stereocenters. The summed E-state index contributed by atoms with van der Waals surface area (Å²) in [5, 5.41) is 9.33. The molecule has 0 spiro atoms. The average Bonchev–Trinajstić information content (AvgIpc) is 2.44. The van der Waals surface area contributed by atoms with Crippen LogP contribution in [0.4, 0.5) is 4.39 Å². The fourth-order valence-electron chi connectivity index (χ4n) is 1.77. The van der Waals surface area contributed by atoms with E-state index in [0.29, 0.717) is 19.0 Å². The van der Waals surface area contributed by atoms with Gasteiger partial charge in [-0.05, 0) is 31.2 Å². The Morgan fingerprint density at radius 2 is 1.65 bits per heavy atom. The second-order valence-corrected chi connectivity index (χ2v) is 4.37. The van der Waals surface area contributed by atoms with Crippen molar-refractivity contribution in [3.8, 4) is 11.5 Å². The molecule has 0 heterocycles. The molecule has 20 heavy (non-hydrogen) atoms. The van der Waals surface area contributed by atoms with E-state index in [1.807, 2.05) is 30.3 Å². The number of hydrogen-bond acceptors (Lipinski definition) is 3. The summed E-state index contributed by atoms with van der Waals surface area (Å²) in [6.07, 6.45) is -0.828. The van der Waals surface area contributed by atoms with Gasteiger partial charge < -0.3 is 14.6 Å². The van der Waals surface area contributed by atoms with Gasteiger partial charge >= 0.3 is 0 Å². The van der Waals surface area contributed by atoms with Gasteiger partial charge in [0.1, 0.15) is 30.5 Å². The van der Waals surface area contributed by atoms with E-state index in [0.717, 1.165) is 5.75 Å². The number of para-hydroxylation sites is 1. The van der Waals surface area contributed by atoms with Gasteiger partial charge in [-0.2, -0.15) is 0 Å². The lowest BCUT2D eigenvalue weighted by Crippen LogP contribution is -2.09. The predicted molar refractivity (Wildman–Crippen MR) is 74.5 cm³/mol.